The zero-order valence-corrected chi connectivity index (χ0v) is 9.84. The highest BCUT2D eigenvalue weighted by molar-refractivity contribution is 5.48. The number of methoxy groups -OCH3 is 1. The molecule has 6 nitrogen and oxygen atoms in total. The van der Waals surface area contributed by atoms with Gasteiger partial charge in [0, 0.05) is 29.4 Å². The Morgan fingerprint density at radius 2 is 2.06 bits per heavy atom. The highest BCUT2D eigenvalue weighted by atomic mass is 16.5. The van der Waals surface area contributed by atoms with Crippen molar-refractivity contribution in [3.8, 4) is 5.75 Å². The first kappa shape index (κ1) is 12.0. The third-order valence-corrected chi connectivity index (χ3v) is 2.53. The minimum Gasteiger partial charge on any atom is -0.496 e. The number of aromatic amines is 1. The van der Waals surface area contributed by atoms with Gasteiger partial charge in [-0.15, -0.1) is 0 Å². The lowest BCUT2D eigenvalue weighted by Crippen LogP contribution is -2.28. The molecule has 2 rings (SSSR count). The Kier molecular flexibility index (Phi) is 3.18. The summed E-state index contributed by atoms with van der Waals surface area (Å²) in [6.07, 6.45) is 0. The van der Waals surface area contributed by atoms with Crippen molar-refractivity contribution in [3.63, 3.8) is 0 Å². The minimum absolute atomic E-state index is 0.221. The molecule has 2 aromatic rings. The van der Waals surface area contributed by atoms with Gasteiger partial charge in [-0.2, -0.15) is 0 Å². The van der Waals surface area contributed by atoms with E-state index >= 15 is 0 Å². The van der Waals surface area contributed by atoms with Crippen molar-refractivity contribution >= 4 is 5.69 Å². The lowest BCUT2D eigenvalue weighted by atomic mass is 10.2. The zero-order chi connectivity index (χ0) is 13.1. The van der Waals surface area contributed by atoms with Crippen LogP contribution in [-0.2, 0) is 6.54 Å². The van der Waals surface area contributed by atoms with E-state index in [9.17, 15) is 9.59 Å². The van der Waals surface area contributed by atoms with Gasteiger partial charge in [0.15, 0.2) is 0 Å². The molecule has 0 aliphatic carbocycles. The summed E-state index contributed by atoms with van der Waals surface area (Å²) < 4.78 is 6.40. The van der Waals surface area contributed by atoms with Gasteiger partial charge in [-0.3, -0.25) is 14.7 Å². The van der Waals surface area contributed by atoms with Crippen molar-refractivity contribution in [1.29, 1.82) is 0 Å². The molecule has 6 heteroatoms. The van der Waals surface area contributed by atoms with Gasteiger partial charge in [0.1, 0.15) is 5.75 Å². The lowest BCUT2D eigenvalue weighted by molar-refractivity contribution is 0.407. The number of hydrogen-bond acceptors (Lipinski definition) is 4. The van der Waals surface area contributed by atoms with Gasteiger partial charge in [0.25, 0.3) is 11.1 Å². The summed E-state index contributed by atoms with van der Waals surface area (Å²) in [7, 11) is 1.52. The molecular formula is C12H13N3O3. The van der Waals surface area contributed by atoms with Crippen molar-refractivity contribution in [3.05, 3.63) is 56.6 Å². The highest BCUT2D eigenvalue weighted by Crippen LogP contribution is 2.21. The number of nitrogen functional groups attached to an aromatic ring is 1. The van der Waals surface area contributed by atoms with Gasteiger partial charge in [0.05, 0.1) is 13.7 Å². The van der Waals surface area contributed by atoms with Crippen LogP contribution < -0.4 is 21.6 Å². The monoisotopic (exact) mass is 247 g/mol. The van der Waals surface area contributed by atoms with E-state index in [1.807, 2.05) is 0 Å². The normalized spacial score (nSPS) is 10.3. The summed E-state index contributed by atoms with van der Waals surface area (Å²) in [6.45, 7) is 0.221. The average Bonchev–Trinajstić information content (AvgIpc) is 2.36. The molecule has 0 saturated heterocycles. The number of nitrogens with two attached hydrogens (primary N) is 1. The number of ether oxygens (including phenoxy) is 1. The fourth-order valence-corrected chi connectivity index (χ4v) is 1.64. The van der Waals surface area contributed by atoms with Crippen LogP contribution in [0.4, 0.5) is 5.69 Å². The van der Waals surface area contributed by atoms with Crippen molar-refractivity contribution in [2.24, 2.45) is 0 Å². The zero-order valence-electron chi connectivity index (χ0n) is 9.84. The molecule has 0 amide bonds. The van der Waals surface area contributed by atoms with Crippen LogP contribution >= 0.6 is 0 Å². The van der Waals surface area contributed by atoms with Crippen molar-refractivity contribution < 1.29 is 4.74 Å². The Balaban J connectivity index is 2.42. The van der Waals surface area contributed by atoms with Crippen LogP contribution in [0.5, 0.6) is 5.75 Å². The summed E-state index contributed by atoms with van der Waals surface area (Å²) in [5, 5.41) is 2.45. The minimum atomic E-state index is -0.330. The number of aromatic nitrogens is 2. The maximum absolute atomic E-state index is 11.6. The summed E-state index contributed by atoms with van der Waals surface area (Å²) in [5.74, 6) is 0.576. The van der Waals surface area contributed by atoms with Gasteiger partial charge < -0.3 is 10.5 Å². The molecule has 0 fully saturated rings. The molecule has 0 bridgehead atoms. The van der Waals surface area contributed by atoms with Gasteiger partial charge in [-0.25, -0.2) is 4.68 Å². The van der Waals surface area contributed by atoms with Crippen LogP contribution in [0.15, 0.2) is 39.9 Å². The Labute approximate surface area is 103 Å². The third kappa shape index (κ3) is 2.42. The number of benzene rings is 1. The van der Waals surface area contributed by atoms with Crippen molar-refractivity contribution in [1.82, 2.24) is 9.78 Å². The molecule has 18 heavy (non-hydrogen) atoms. The van der Waals surface area contributed by atoms with E-state index in [0.717, 1.165) is 5.56 Å². The first-order valence-electron chi connectivity index (χ1n) is 5.33. The molecule has 0 aliphatic heterocycles. The predicted octanol–water partition coefficient (Wildman–Crippen LogP) is 0.176. The molecular weight excluding hydrogens is 234 g/mol. The Hall–Kier alpha value is -2.50. The summed E-state index contributed by atoms with van der Waals surface area (Å²) >= 11 is 0. The Morgan fingerprint density at radius 3 is 2.78 bits per heavy atom. The summed E-state index contributed by atoms with van der Waals surface area (Å²) in [5.41, 5.74) is 6.36. The standard InChI is InChI=1S/C12H13N3O3/c1-18-10-6-9(13)3-2-8(10)7-15-12(17)5-4-11(16)14-15/h2-6H,7,13H2,1H3,(H,14,16). The van der Waals surface area contributed by atoms with Crippen LogP contribution in [-0.4, -0.2) is 16.9 Å². The number of hydrogen-bond donors (Lipinski definition) is 2. The van der Waals surface area contributed by atoms with Gasteiger partial charge in [-0.1, -0.05) is 6.07 Å². The molecule has 94 valence electrons. The molecule has 1 aromatic heterocycles. The predicted molar refractivity (Wildman–Crippen MR) is 67.8 cm³/mol. The smallest absolute Gasteiger partial charge is 0.265 e. The molecule has 0 radical (unpaired) electrons. The second-order valence-electron chi connectivity index (χ2n) is 3.81. The number of nitrogens with one attached hydrogen (secondary N) is 1. The second kappa shape index (κ2) is 4.79. The summed E-state index contributed by atoms with van der Waals surface area (Å²) in [4.78, 5) is 22.7. The number of anilines is 1. The average molecular weight is 247 g/mol. The van der Waals surface area contributed by atoms with Crippen LogP contribution in [0.1, 0.15) is 5.56 Å². The summed E-state index contributed by atoms with van der Waals surface area (Å²) in [6, 6.07) is 7.55. The van der Waals surface area contributed by atoms with E-state index in [0.29, 0.717) is 11.4 Å². The van der Waals surface area contributed by atoms with E-state index in [1.54, 1.807) is 18.2 Å². The quantitative estimate of drug-likeness (QED) is 0.757. The van der Waals surface area contributed by atoms with Crippen molar-refractivity contribution in [2.45, 2.75) is 6.54 Å². The molecule has 0 saturated carbocycles. The second-order valence-corrected chi connectivity index (χ2v) is 3.81. The Bertz CT molecular complexity index is 673. The number of H-pyrrole nitrogens is 1. The fraction of sp³-hybridized carbons (Fsp3) is 0.167. The third-order valence-electron chi connectivity index (χ3n) is 2.53. The van der Waals surface area contributed by atoms with E-state index in [-0.39, 0.29) is 17.7 Å². The van der Waals surface area contributed by atoms with Crippen molar-refractivity contribution in [2.75, 3.05) is 12.8 Å². The Morgan fingerprint density at radius 1 is 1.28 bits per heavy atom. The highest BCUT2D eigenvalue weighted by Gasteiger charge is 2.05. The molecule has 3 N–H and O–H groups in total. The molecule has 0 atom stereocenters. The topological polar surface area (TPSA) is 90.1 Å². The van der Waals surface area contributed by atoms with Crippen LogP contribution in [0, 0.1) is 0 Å². The van der Waals surface area contributed by atoms with Gasteiger partial charge in [0.2, 0.25) is 0 Å². The maximum Gasteiger partial charge on any atom is 0.265 e. The van der Waals surface area contributed by atoms with E-state index in [1.165, 1.54) is 23.9 Å². The van der Waals surface area contributed by atoms with Gasteiger partial charge >= 0.3 is 0 Å². The number of rotatable bonds is 3. The molecule has 1 heterocycles. The lowest BCUT2D eigenvalue weighted by Gasteiger charge is -2.10. The van der Waals surface area contributed by atoms with E-state index < -0.39 is 0 Å². The SMILES string of the molecule is COc1cc(N)ccc1Cn1[nH]c(=O)ccc1=O. The van der Waals surface area contributed by atoms with Crippen LogP contribution in [0.3, 0.4) is 0 Å². The molecule has 0 unspecified atom stereocenters. The van der Waals surface area contributed by atoms with E-state index in [4.69, 9.17) is 10.5 Å². The van der Waals surface area contributed by atoms with Crippen LogP contribution in [0.2, 0.25) is 0 Å². The first-order chi connectivity index (χ1) is 8.60. The molecule has 0 aliphatic rings. The molecule has 0 spiro atoms. The fourth-order valence-electron chi connectivity index (χ4n) is 1.64. The van der Waals surface area contributed by atoms with Crippen LogP contribution in [0.25, 0.3) is 0 Å². The molecule has 1 aromatic carbocycles. The largest absolute Gasteiger partial charge is 0.496 e. The maximum atomic E-state index is 11.6. The van der Waals surface area contributed by atoms with Gasteiger partial charge in [-0.05, 0) is 6.07 Å². The number of nitrogens with zero attached hydrogens (tertiary/aromatic N) is 1. The van der Waals surface area contributed by atoms with E-state index in [2.05, 4.69) is 5.10 Å². The first-order valence-corrected chi connectivity index (χ1v) is 5.33.